The van der Waals surface area contributed by atoms with E-state index in [1.165, 1.54) is 0 Å². The number of hydrogen-bond donors (Lipinski definition) is 2. The number of nitrogens with zero attached hydrogens (tertiary/aromatic N) is 1. The van der Waals surface area contributed by atoms with Gasteiger partial charge in [-0.25, -0.2) is 4.79 Å². The minimum absolute atomic E-state index is 0.126. The molecule has 0 aliphatic heterocycles. The van der Waals surface area contributed by atoms with Gasteiger partial charge in [0, 0.05) is 19.1 Å². The molecule has 2 unspecified atom stereocenters. The number of carboxylic acid groups (broad SMARTS) is 1. The maximum atomic E-state index is 12.3. The Bertz CT molecular complexity index is 331. The first kappa shape index (κ1) is 16.8. The first-order valence-electron chi connectivity index (χ1n) is 7.74. The summed E-state index contributed by atoms with van der Waals surface area (Å²) in [5, 5.41) is 12.3. The third kappa shape index (κ3) is 5.02. The highest BCUT2D eigenvalue weighted by molar-refractivity contribution is 5.77. The van der Waals surface area contributed by atoms with Crippen LogP contribution in [0.2, 0.25) is 0 Å². The summed E-state index contributed by atoms with van der Waals surface area (Å²) in [5.74, 6) is -0.826. The fourth-order valence-corrected chi connectivity index (χ4v) is 2.82. The van der Waals surface area contributed by atoms with E-state index in [0.29, 0.717) is 25.4 Å². The number of amides is 2. The summed E-state index contributed by atoms with van der Waals surface area (Å²) < 4.78 is 0. The number of urea groups is 1. The quantitative estimate of drug-likeness (QED) is 0.763. The van der Waals surface area contributed by atoms with Crippen LogP contribution in [0.1, 0.15) is 52.9 Å². The maximum absolute atomic E-state index is 12.3. The van der Waals surface area contributed by atoms with E-state index in [4.69, 9.17) is 0 Å². The summed E-state index contributed by atoms with van der Waals surface area (Å²) in [6, 6.07) is -0.358. The minimum Gasteiger partial charge on any atom is -0.481 e. The molecule has 5 heteroatoms. The van der Waals surface area contributed by atoms with Gasteiger partial charge in [-0.15, -0.1) is 0 Å². The Kier molecular flexibility index (Phi) is 6.82. The van der Waals surface area contributed by atoms with Crippen molar-refractivity contribution in [3.05, 3.63) is 0 Å². The normalized spacial score (nSPS) is 23.2. The molecule has 2 atom stereocenters. The lowest BCUT2D eigenvalue weighted by molar-refractivity contribution is -0.142. The Balaban J connectivity index is 2.66. The van der Waals surface area contributed by atoms with Gasteiger partial charge >= 0.3 is 12.0 Å². The topological polar surface area (TPSA) is 69.6 Å². The van der Waals surface area contributed by atoms with Crippen molar-refractivity contribution in [1.82, 2.24) is 10.2 Å². The number of carboxylic acids is 1. The third-order valence-electron chi connectivity index (χ3n) is 3.90. The lowest BCUT2D eigenvalue weighted by Crippen LogP contribution is -2.49. The van der Waals surface area contributed by atoms with Crippen LogP contribution < -0.4 is 5.32 Å². The number of carbonyl (C=O) groups is 2. The van der Waals surface area contributed by atoms with Gasteiger partial charge < -0.3 is 15.3 Å². The van der Waals surface area contributed by atoms with E-state index in [1.54, 1.807) is 4.90 Å². The van der Waals surface area contributed by atoms with Crippen LogP contribution in [-0.2, 0) is 4.79 Å². The van der Waals surface area contributed by atoms with E-state index in [9.17, 15) is 14.7 Å². The molecule has 5 nitrogen and oxygen atoms in total. The van der Waals surface area contributed by atoms with Crippen molar-refractivity contribution in [2.24, 2.45) is 11.8 Å². The van der Waals surface area contributed by atoms with Gasteiger partial charge in [0.05, 0.1) is 5.92 Å². The molecule has 1 aliphatic rings. The lowest BCUT2D eigenvalue weighted by atomic mass is 9.95. The first-order valence-corrected chi connectivity index (χ1v) is 7.74. The lowest BCUT2D eigenvalue weighted by Gasteiger charge is -2.28. The highest BCUT2D eigenvalue weighted by atomic mass is 16.4. The van der Waals surface area contributed by atoms with Crippen molar-refractivity contribution < 1.29 is 14.7 Å². The molecule has 0 radical (unpaired) electrons. The molecule has 0 spiro atoms. The van der Waals surface area contributed by atoms with Gasteiger partial charge in [-0.1, -0.05) is 33.1 Å². The standard InChI is InChI=1S/C15H28N2O3/c1-4-17(10-11(2)3)15(20)16-13-9-7-5-6-8-12(13)14(18)19/h11-13H,4-10H2,1-3H3,(H,16,20)(H,18,19). The molecule has 0 aromatic heterocycles. The Hall–Kier alpha value is -1.26. The zero-order valence-electron chi connectivity index (χ0n) is 12.9. The number of carbonyl (C=O) groups excluding carboxylic acids is 1. The van der Waals surface area contributed by atoms with E-state index < -0.39 is 11.9 Å². The Morgan fingerprint density at radius 1 is 1.25 bits per heavy atom. The smallest absolute Gasteiger partial charge is 0.317 e. The highest BCUT2D eigenvalue weighted by Gasteiger charge is 2.31. The van der Waals surface area contributed by atoms with Gasteiger partial charge in [-0.2, -0.15) is 0 Å². The second-order valence-electron chi connectivity index (χ2n) is 6.07. The summed E-state index contributed by atoms with van der Waals surface area (Å²) in [7, 11) is 0. The number of hydrogen-bond acceptors (Lipinski definition) is 2. The van der Waals surface area contributed by atoms with Gasteiger partial charge in [-0.05, 0) is 25.7 Å². The molecular formula is C15H28N2O3. The average molecular weight is 284 g/mol. The van der Waals surface area contributed by atoms with Gasteiger partial charge in [0.25, 0.3) is 0 Å². The zero-order chi connectivity index (χ0) is 15.1. The Morgan fingerprint density at radius 3 is 2.45 bits per heavy atom. The fraction of sp³-hybridized carbons (Fsp3) is 0.867. The molecule has 2 N–H and O–H groups in total. The summed E-state index contributed by atoms with van der Waals surface area (Å²) in [5.41, 5.74) is 0. The molecule has 2 amide bonds. The van der Waals surface area contributed by atoms with E-state index in [-0.39, 0.29) is 12.1 Å². The van der Waals surface area contributed by atoms with Crippen molar-refractivity contribution in [3.8, 4) is 0 Å². The van der Waals surface area contributed by atoms with Crippen LogP contribution in [0.4, 0.5) is 4.79 Å². The van der Waals surface area contributed by atoms with Gasteiger partial charge in [0.1, 0.15) is 0 Å². The number of rotatable bonds is 5. The zero-order valence-corrected chi connectivity index (χ0v) is 12.9. The van der Waals surface area contributed by atoms with Gasteiger partial charge in [0.2, 0.25) is 0 Å². The van der Waals surface area contributed by atoms with Crippen LogP contribution in [0.5, 0.6) is 0 Å². The second kappa shape index (κ2) is 8.12. The van der Waals surface area contributed by atoms with Crippen LogP contribution in [0.3, 0.4) is 0 Å². The van der Waals surface area contributed by atoms with Crippen LogP contribution in [0.25, 0.3) is 0 Å². The molecular weight excluding hydrogens is 256 g/mol. The molecule has 0 saturated heterocycles. The molecule has 20 heavy (non-hydrogen) atoms. The molecule has 0 aromatic rings. The van der Waals surface area contributed by atoms with Crippen molar-refractivity contribution in [3.63, 3.8) is 0 Å². The molecule has 116 valence electrons. The predicted molar refractivity (Wildman–Crippen MR) is 78.6 cm³/mol. The van der Waals surface area contributed by atoms with Crippen LogP contribution in [0, 0.1) is 11.8 Å². The number of aliphatic carboxylic acids is 1. The monoisotopic (exact) mass is 284 g/mol. The van der Waals surface area contributed by atoms with Crippen molar-refractivity contribution in [2.45, 2.75) is 58.9 Å². The van der Waals surface area contributed by atoms with Crippen molar-refractivity contribution >= 4 is 12.0 Å². The molecule has 1 saturated carbocycles. The number of nitrogens with one attached hydrogen (secondary N) is 1. The van der Waals surface area contributed by atoms with E-state index in [0.717, 1.165) is 25.7 Å². The third-order valence-corrected chi connectivity index (χ3v) is 3.90. The molecule has 0 bridgehead atoms. The van der Waals surface area contributed by atoms with Crippen LogP contribution >= 0.6 is 0 Å². The largest absolute Gasteiger partial charge is 0.481 e. The molecule has 1 fully saturated rings. The highest BCUT2D eigenvalue weighted by Crippen LogP contribution is 2.24. The summed E-state index contributed by atoms with van der Waals surface area (Å²) >= 11 is 0. The van der Waals surface area contributed by atoms with Crippen LogP contribution in [0.15, 0.2) is 0 Å². The van der Waals surface area contributed by atoms with Crippen molar-refractivity contribution in [2.75, 3.05) is 13.1 Å². The summed E-state index contributed by atoms with van der Waals surface area (Å²) in [6.07, 6.45) is 4.41. The molecule has 0 heterocycles. The summed E-state index contributed by atoms with van der Waals surface area (Å²) in [6.45, 7) is 7.44. The molecule has 0 aromatic carbocycles. The SMILES string of the molecule is CCN(CC(C)C)C(=O)NC1CCCCCC1C(=O)O. The van der Waals surface area contributed by atoms with E-state index in [1.807, 2.05) is 6.92 Å². The second-order valence-corrected chi connectivity index (χ2v) is 6.07. The maximum Gasteiger partial charge on any atom is 0.317 e. The predicted octanol–water partition coefficient (Wildman–Crippen LogP) is 2.71. The fourth-order valence-electron chi connectivity index (χ4n) is 2.82. The van der Waals surface area contributed by atoms with Crippen LogP contribution in [-0.4, -0.2) is 41.1 Å². The van der Waals surface area contributed by atoms with Gasteiger partial charge in [-0.3, -0.25) is 4.79 Å². The minimum atomic E-state index is -0.788. The Labute approximate surface area is 121 Å². The average Bonchev–Trinajstić information content (AvgIpc) is 2.60. The van der Waals surface area contributed by atoms with Gasteiger partial charge in [0.15, 0.2) is 0 Å². The summed E-state index contributed by atoms with van der Waals surface area (Å²) in [4.78, 5) is 25.4. The molecule has 1 rings (SSSR count). The van der Waals surface area contributed by atoms with E-state index >= 15 is 0 Å². The van der Waals surface area contributed by atoms with Crippen molar-refractivity contribution in [1.29, 1.82) is 0 Å². The Morgan fingerprint density at radius 2 is 1.90 bits per heavy atom. The first-order chi connectivity index (χ1) is 9.45. The van der Waals surface area contributed by atoms with E-state index in [2.05, 4.69) is 19.2 Å². The molecule has 1 aliphatic carbocycles.